The van der Waals surface area contributed by atoms with E-state index in [1.807, 2.05) is 0 Å². The molecular weight excluding hydrogens is 374 g/mol. The van der Waals surface area contributed by atoms with E-state index in [-0.39, 0.29) is 21.2 Å². The molecule has 0 aliphatic rings. The molecule has 132 valence electrons. The molecule has 0 aliphatic carbocycles. The van der Waals surface area contributed by atoms with Crippen LogP contribution in [0.15, 0.2) is 77.7 Å². The number of anilines is 1. The van der Waals surface area contributed by atoms with E-state index in [0.717, 1.165) is 0 Å². The van der Waals surface area contributed by atoms with Crippen LogP contribution in [-0.2, 0) is 10.0 Å². The Labute approximate surface area is 155 Å². The average molecular weight is 388 g/mol. The Morgan fingerprint density at radius 2 is 1.46 bits per heavy atom. The summed E-state index contributed by atoms with van der Waals surface area (Å²) in [6.45, 7) is 0. The summed E-state index contributed by atoms with van der Waals surface area (Å²) in [5.74, 6) is -1.19. The summed E-state index contributed by atoms with van der Waals surface area (Å²) < 4.78 is 27.8. The fraction of sp³-hybridized carbons (Fsp3) is 0. The first-order valence-corrected chi connectivity index (χ1v) is 9.45. The summed E-state index contributed by atoms with van der Waals surface area (Å²) in [6, 6.07) is 19.3. The highest BCUT2D eigenvalue weighted by atomic mass is 35.5. The third-order valence-electron chi connectivity index (χ3n) is 3.73. The number of carboxylic acids is 1. The summed E-state index contributed by atoms with van der Waals surface area (Å²) in [5, 5.41) is 9.28. The summed E-state index contributed by atoms with van der Waals surface area (Å²) in [7, 11) is -3.85. The highest BCUT2D eigenvalue weighted by molar-refractivity contribution is 7.92. The molecular formula is C19H14ClNO4S. The molecule has 7 heteroatoms. The van der Waals surface area contributed by atoms with E-state index in [1.165, 1.54) is 24.3 Å². The smallest absolute Gasteiger partial charge is 0.337 e. The van der Waals surface area contributed by atoms with Gasteiger partial charge in [0.2, 0.25) is 0 Å². The van der Waals surface area contributed by atoms with E-state index in [1.54, 1.807) is 48.5 Å². The monoisotopic (exact) mass is 387 g/mol. The van der Waals surface area contributed by atoms with Crippen molar-refractivity contribution >= 4 is 33.3 Å². The molecule has 2 N–H and O–H groups in total. The van der Waals surface area contributed by atoms with Gasteiger partial charge in [0.1, 0.15) is 0 Å². The Bertz CT molecular complexity index is 1050. The van der Waals surface area contributed by atoms with E-state index in [2.05, 4.69) is 4.72 Å². The summed E-state index contributed by atoms with van der Waals surface area (Å²) >= 11 is 6.30. The number of carboxylic acid groups (broad SMARTS) is 1. The molecule has 0 aliphatic heterocycles. The van der Waals surface area contributed by atoms with E-state index < -0.39 is 16.0 Å². The molecule has 3 aromatic carbocycles. The maximum Gasteiger partial charge on any atom is 0.337 e. The van der Waals surface area contributed by atoms with Crippen molar-refractivity contribution < 1.29 is 18.3 Å². The van der Waals surface area contributed by atoms with Gasteiger partial charge in [-0.15, -0.1) is 0 Å². The Balaban J connectivity index is 2.16. The maximum atomic E-state index is 12.6. The first-order chi connectivity index (χ1) is 12.4. The SMILES string of the molecule is O=C(O)c1ccc(NS(=O)(=O)c2ccccc2)c(-c2ccccc2)c1Cl. The third-order valence-corrected chi connectivity index (χ3v) is 5.51. The topological polar surface area (TPSA) is 83.5 Å². The predicted molar refractivity (Wildman–Crippen MR) is 101 cm³/mol. The summed E-state index contributed by atoms with van der Waals surface area (Å²) in [5.41, 5.74) is 1.02. The van der Waals surface area contributed by atoms with Gasteiger partial charge in [0, 0.05) is 5.56 Å². The van der Waals surface area contributed by atoms with Gasteiger partial charge in [0.15, 0.2) is 0 Å². The minimum atomic E-state index is -3.85. The van der Waals surface area contributed by atoms with Gasteiger partial charge in [-0.05, 0) is 29.8 Å². The van der Waals surface area contributed by atoms with Gasteiger partial charge >= 0.3 is 5.97 Å². The number of sulfonamides is 1. The number of benzene rings is 3. The van der Waals surface area contributed by atoms with Gasteiger partial charge in [-0.1, -0.05) is 60.1 Å². The quantitative estimate of drug-likeness (QED) is 0.674. The van der Waals surface area contributed by atoms with Crippen LogP contribution in [0.1, 0.15) is 10.4 Å². The van der Waals surface area contributed by atoms with Crippen LogP contribution in [0.4, 0.5) is 5.69 Å². The van der Waals surface area contributed by atoms with E-state index >= 15 is 0 Å². The largest absolute Gasteiger partial charge is 0.478 e. The number of hydrogen-bond acceptors (Lipinski definition) is 3. The van der Waals surface area contributed by atoms with Crippen LogP contribution < -0.4 is 4.72 Å². The first kappa shape index (κ1) is 18.0. The molecule has 0 atom stereocenters. The Hall–Kier alpha value is -2.83. The van der Waals surface area contributed by atoms with Crippen molar-refractivity contribution in [3.8, 4) is 11.1 Å². The van der Waals surface area contributed by atoms with Crippen LogP contribution in [0.3, 0.4) is 0 Å². The van der Waals surface area contributed by atoms with Crippen molar-refractivity contribution in [1.82, 2.24) is 0 Å². The summed E-state index contributed by atoms with van der Waals surface area (Å²) in [4.78, 5) is 11.5. The van der Waals surface area contributed by atoms with Gasteiger partial charge < -0.3 is 5.11 Å². The second kappa shape index (κ2) is 7.19. The molecule has 0 fully saturated rings. The lowest BCUT2D eigenvalue weighted by Gasteiger charge is -2.16. The third kappa shape index (κ3) is 3.56. The van der Waals surface area contributed by atoms with Crippen LogP contribution in [0, 0.1) is 0 Å². The summed E-state index contributed by atoms with van der Waals surface area (Å²) in [6.07, 6.45) is 0. The maximum absolute atomic E-state index is 12.6. The molecule has 0 amide bonds. The normalized spacial score (nSPS) is 11.1. The molecule has 0 unspecified atom stereocenters. The second-order valence-electron chi connectivity index (χ2n) is 5.44. The molecule has 3 aromatic rings. The highest BCUT2D eigenvalue weighted by Gasteiger charge is 2.21. The van der Waals surface area contributed by atoms with Crippen molar-refractivity contribution in [2.45, 2.75) is 4.90 Å². The highest BCUT2D eigenvalue weighted by Crippen LogP contribution is 2.38. The van der Waals surface area contributed by atoms with Gasteiger partial charge in [0.05, 0.1) is 21.2 Å². The van der Waals surface area contributed by atoms with E-state index in [9.17, 15) is 18.3 Å². The van der Waals surface area contributed by atoms with Crippen molar-refractivity contribution in [3.63, 3.8) is 0 Å². The van der Waals surface area contributed by atoms with Crippen LogP contribution >= 0.6 is 11.6 Å². The van der Waals surface area contributed by atoms with Crippen LogP contribution in [0.5, 0.6) is 0 Å². The minimum Gasteiger partial charge on any atom is -0.478 e. The molecule has 0 spiro atoms. The minimum absolute atomic E-state index is 0.0306. The van der Waals surface area contributed by atoms with Gasteiger partial charge in [-0.25, -0.2) is 13.2 Å². The fourth-order valence-electron chi connectivity index (χ4n) is 2.52. The lowest BCUT2D eigenvalue weighted by atomic mass is 10.0. The van der Waals surface area contributed by atoms with Crippen molar-refractivity contribution in [2.24, 2.45) is 0 Å². The Morgan fingerprint density at radius 1 is 0.885 bits per heavy atom. The van der Waals surface area contributed by atoms with Crippen LogP contribution in [-0.4, -0.2) is 19.5 Å². The van der Waals surface area contributed by atoms with E-state index in [4.69, 9.17) is 11.6 Å². The fourth-order valence-corrected chi connectivity index (χ4v) is 3.96. The second-order valence-corrected chi connectivity index (χ2v) is 7.50. The number of hydrogen-bond donors (Lipinski definition) is 2. The first-order valence-electron chi connectivity index (χ1n) is 7.59. The lowest BCUT2D eigenvalue weighted by Crippen LogP contribution is -2.14. The molecule has 5 nitrogen and oxygen atoms in total. The standard InChI is InChI=1S/C19H14ClNO4S/c20-18-15(19(22)23)11-12-16(17(18)13-7-3-1-4-8-13)21-26(24,25)14-9-5-2-6-10-14/h1-12,21H,(H,22,23). The van der Waals surface area contributed by atoms with Gasteiger partial charge in [-0.3, -0.25) is 4.72 Å². The lowest BCUT2D eigenvalue weighted by molar-refractivity contribution is 0.0697. The number of halogens is 1. The van der Waals surface area contributed by atoms with Crippen LogP contribution in [0.2, 0.25) is 5.02 Å². The zero-order valence-electron chi connectivity index (χ0n) is 13.4. The number of rotatable bonds is 5. The Morgan fingerprint density at radius 3 is 2.04 bits per heavy atom. The molecule has 0 saturated carbocycles. The molecule has 0 bridgehead atoms. The Kier molecular flexibility index (Phi) is 4.97. The number of aromatic carboxylic acids is 1. The van der Waals surface area contributed by atoms with E-state index in [0.29, 0.717) is 11.1 Å². The van der Waals surface area contributed by atoms with Gasteiger partial charge in [-0.2, -0.15) is 0 Å². The zero-order valence-corrected chi connectivity index (χ0v) is 15.0. The molecule has 0 saturated heterocycles. The predicted octanol–water partition coefficient (Wildman–Crippen LogP) is 4.51. The number of nitrogens with one attached hydrogen (secondary N) is 1. The molecule has 0 heterocycles. The molecule has 0 aromatic heterocycles. The van der Waals surface area contributed by atoms with Crippen molar-refractivity contribution in [2.75, 3.05) is 4.72 Å². The van der Waals surface area contributed by atoms with Gasteiger partial charge in [0.25, 0.3) is 10.0 Å². The van der Waals surface area contributed by atoms with Crippen molar-refractivity contribution in [1.29, 1.82) is 0 Å². The van der Waals surface area contributed by atoms with Crippen molar-refractivity contribution in [3.05, 3.63) is 83.4 Å². The number of carbonyl (C=O) groups is 1. The molecule has 26 heavy (non-hydrogen) atoms. The zero-order chi connectivity index (χ0) is 18.7. The molecule has 0 radical (unpaired) electrons. The average Bonchev–Trinajstić information content (AvgIpc) is 2.63. The molecule has 3 rings (SSSR count). The van der Waals surface area contributed by atoms with Crippen LogP contribution in [0.25, 0.3) is 11.1 Å².